The highest BCUT2D eigenvalue weighted by Gasteiger charge is 2.32. The molecule has 2 aliphatic heterocycles. The minimum atomic E-state index is -0.0194. The van der Waals surface area contributed by atoms with E-state index in [9.17, 15) is 4.79 Å². The zero-order valence-electron chi connectivity index (χ0n) is 17.6. The van der Waals surface area contributed by atoms with E-state index in [1.165, 1.54) is 11.8 Å². The van der Waals surface area contributed by atoms with E-state index in [2.05, 4.69) is 9.88 Å². The molecule has 0 saturated carbocycles. The van der Waals surface area contributed by atoms with Gasteiger partial charge in [-0.15, -0.1) is 11.3 Å². The number of aryl methyl sites for hydroxylation is 1. The highest BCUT2D eigenvalue weighted by molar-refractivity contribution is 8.18. The summed E-state index contributed by atoms with van der Waals surface area (Å²) in [6.45, 7) is 4.53. The van der Waals surface area contributed by atoms with Crippen LogP contribution in [0.2, 0.25) is 5.02 Å². The van der Waals surface area contributed by atoms with Crippen molar-refractivity contribution in [2.24, 2.45) is 4.99 Å². The SMILES string of the molecule is CCN1C(=O)/C(=C/C=C2/Sc3ccc(Cl)cc3N2C)SC1=Nc1ccc2nc(C)sc2c1. The number of aliphatic imine (C=N–C) groups is 1. The molecule has 3 aromatic rings. The number of benzene rings is 2. The van der Waals surface area contributed by atoms with Gasteiger partial charge in [0.25, 0.3) is 5.91 Å². The molecular formula is C23H19ClN4OS3. The smallest absolute Gasteiger partial charge is 0.266 e. The van der Waals surface area contributed by atoms with Crippen molar-refractivity contribution in [1.82, 2.24) is 9.88 Å². The molecule has 5 rings (SSSR count). The van der Waals surface area contributed by atoms with E-state index in [1.807, 2.05) is 69.4 Å². The van der Waals surface area contributed by atoms with Crippen LogP contribution in [0.25, 0.3) is 10.2 Å². The summed E-state index contributed by atoms with van der Waals surface area (Å²) in [5.74, 6) is -0.0194. The van der Waals surface area contributed by atoms with Gasteiger partial charge in [-0.05, 0) is 74.2 Å². The Balaban J connectivity index is 1.42. The maximum atomic E-state index is 13.0. The van der Waals surface area contributed by atoms with Crippen molar-refractivity contribution < 1.29 is 4.79 Å². The van der Waals surface area contributed by atoms with Gasteiger partial charge in [0, 0.05) is 23.5 Å². The summed E-state index contributed by atoms with van der Waals surface area (Å²) >= 11 is 10.9. The van der Waals surface area contributed by atoms with Gasteiger partial charge in [0.2, 0.25) is 0 Å². The lowest BCUT2D eigenvalue weighted by atomic mass is 10.3. The van der Waals surface area contributed by atoms with Crippen LogP contribution in [-0.2, 0) is 4.79 Å². The Kier molecular flexibility index (Phi) is 5.79. The molecular weight excluding hydrogens is 480 g/mol. The molecule has 0 radical (unpaired) electrons. The number of amidine groups is 1. The number of likely N-dealkylation sites (N-methyl/N-ethyl adjacent to an activating group) is 1. The lowest BCUT2D eigenvalue weighted by Crippen LogP contribution is -2.28. The summed E-state index contributed by atoms with van der Waals surface area (Å²) in [5, 5.41) is 3.49. The first-order valence-corrected chi connectivity index (χ1v) is 12.8. The number of rotatable bonds is 3. The maximum absolute atomic E-state index is 13.0. The number of aromatic nitrogens is 1. The summed E-state index contributed by atoms with van der Waals surface area (Å²) in [6, 6.07) is 11.8. The zero-order chi connectivity index (χ0) is 22.4. The van der Waals surface area contributed by atoms with Crippen molar-refractivity contribution in [3.05, 3.63) is 68.5 Å². The van der Waals surface area contributed by atoms with Gasteiger partial charge >= 0.3 is 0 Å². The molecule has 5 nitrogen and oxygen atoms in total. The Hall–Kier alpha value is -2.26. The number of halogens is 1. The van der Waals surface area contributed by atoms with Crippen molar-refractivity contribution in [3.63, 3.8) is 0 Å². The lowest BCUT2D eigenvalue weighted by Gasteiger charge is -2.13. The van der Waals surface area contributed by atoms with Crippen molar-refractivity contribution in [2.45, 2.75) is 18.7 Å². The van der Waals surface area contributed by atoms with E-state index in [4.69, 9.17) is 16.6 Å². The molecule has 1 fully saturated rings. The van der Waals surface area contributed by atoms with E-state index in [0.29, 0.717) is 21.6 Å². The van der Waals surface area contributed by atoms with Crippen LogP contribution in [-0.4, -0.2) is 34.6 Å². The number of carbonyl (C=O) groups excluding carboxylic acids is 1. The van der Waals surface area contributed by atoms with Gasteiger partial charge in [-0.2, -0.15) is 0 Å². The van der Waals surface area contributed by atoms with Crippen LogP contribution in [0.5, 0.6) is 0 Å². The zero-order valence-corrected chi connectivity index (χ0v) is 20.8. The van der Waals surface area contributed by atoms with Crippen LogP contribution in [0.4, 0.5) is 11.4 Å². The third-order valence-electron chi connectivity index (χ3n) is 5.11. The fraction of sp³-hybridized carbons (Fsp3) is 0.174. The molecule has 162 valence electrons. The predicted molar refractivity (Wildman–Crippen MR) is 138 cm³/mol. The Bertz CT molecular complexity index is 1340. The second kappa shape index (κ2) is 8.59. The second-order valence-corrected chi connectivity index (χ2v) is 11.0. The number of thioether (sulfide) groups is 2. The Labute approximate surface area is 203 Å². The Morgan fingerprint density at radius 3 is 2.81 bits per heavy atom. The van der Waals surface area contributed by atoms with Gasteiger partial charge in [0.1, 0.15) is 0 Å². The van der Waals surface area contributed by atoms with Gasteiger partial charge in [-0.1, -0.05) is 23.4 Å². The van der Waals surface area contributed by atoms with Crippen LogP contribution >= 0.6 is 46.5 Å². The fourth-order valence-corrected chi connectivity index (χ4v) is 6.59. The normalized spacial score (nSPS) is 19.9. The van der Waals surface area contributed by atoms with Crippen molar-refractivity contribution in [1.29, 1.82) is 0 Å². The maximum Gasteiger partial charge on any atom is 0.266 e. The van der Waals surface area contributed by atoms with Crippen molar-refractivity contribution in [2.75, 3.05) is 18.5 Å². The van der Waals surface area contributed by atoms with Gasteiger partial charge in [0.15, 0.2) is 5.17 Å². The first-order valence-electron chi connectivity index (χ1n) is 10.0. The summed E-state index contributed by atoms with van der Waals surface area (Å²) < 4.78 is 1.10. The summed E-state index contributed by atoms with van der Waals surface area (Å²) in [7, 11) is 2.01. The van der Waals surface area contributed by atoms with Gasteiger partial charge < -0.3 is 4.90 Å². The van der Waals surface area contributed by atoms with Crippen LogP contribution < -0.4 is 4.90 Å². The van der Waals surface area contributed by atoms with Crippen LogP contribution in [0.15, 0.2) is 68.4 Å². The number of thiazole rings is 1. The second-order valence-electron chi connectivity index (χ2n) is 7.24. The minimum absolute atomic E-state index is 0.0194. The average molecular weight is 499 g/mol. The van der Waals surface area contributed by atoms with E-state index < -0.39 is 0 Å². The molecule has 1 amide bonds. The number of hydrogen-bond acceptors (Lipinski definition) is 7. The summed E-state index contributed by atoms with van der Waals surface area (Å²) in [4.78, 5) is 27.9. The van der Waals surface area contributed by atoms with E-state index in [1.54, 1.807) is 28.0 Å². The molecule has 32 heavy (non-hydrogen) atoms. The van der Waals surface area contributed by atoms with Crippen LogP contribution in [0.3, 0.4) is 0 Å². The molecule has 2 aromatic carbocycles. The molecule has 1 aromatic heterocycles. The molecule has 9 heteroatoms. The molecule has 1 saturated heterocycles. The largest absolute Gasteiger partial charge is 0.338 e. The highest BCUT2D eigenvalue weighted by atomic mass is 35.5. The highest BCUT2D eigenvalue weighted by Crippen LogP contribution is 2.46. The Morgan fingerprint density at radius 2 is 2.00 bits per heavy atom. The topological polar surface area (TPSA) is 48.8 Å². The third kappa shape index (κ3) is 3.96. The quantitative estimate of drug-likeness (QED) is 0.371. The van der Waals surface area contributed by atoms with E-state index in [0.717, 1.165) is 36.5 Å². The average Bonchev–Trinajstić information content (AvgIpc) is 3.39. The lowest BCUT2D eigenvalue weighted by molar-refractivity contribution is -0.122. The first-order chi connectivity index (χ1) is 15.4. The van der Waals surface area contributed by atoms with Gasteiger partial charge in [0.05, 0.1) is 36.5 Å². The monoisotopic (exact) mass is 498 g/mol. The van der Waals surface area contributed by atoms with Crippen molar-refractivity contribution >= 4 is 79.1 Å². The third-order valence-corrected chi connectivity index (χ3v) is 8.49. The number of nitrogens with zero attached hydrogens (tertiary/aromatic N) is 4. The molecule has 0 atom stereocenters. The number of amides is 1. The van der Waals surface area contributed by atoms with Crippen LogP contribution in [0, 0.1) is 6.92 Å². The molecule has 0 bridgehead atoms. The summed E-state index contributed by atoms with van der Waals surface area (Å²) in [5.41, 5.74) is 2.88. The molecule has 0 unspecified atom stereocenters. The number of carbonyl (C=O) groups is 1. The number of anilines is 1. The standard InChI is InChI=1S/C23H19ClN4OS3/c1-4-28-22(29)19(9-10-21-27(3)17-11-14(24)5-8-18(17)31-21)32-23(28)26-15-6-7-16-20(12-15)30-13(2)25-16/h5-12H,4H2,1-3H3/b19-9-,21-10+,26-23?. The Morgan fingerprint density at radius 1 is 1.16 bits per heavy atom. The molecule has 3 heterocycles. The molecule has 2 aliphatic rings. The van der Waals surface area contributed by atoms with E-state index in [-0.39, 0.29) is 5.91 Å². The van der Waals surface area contributed by atoms with Crippen LogP contribution in [0.1, 0.15) is 11.9 Å². The molecule has 0 aliphatic carbocycles. The fourth-order valence-electron chi connectivity index (χ4n) is 3.52. The minimum Gasteiger partial charge on any atom is -0.338 e. The van der Waals surface area contributed by atoms with Gasteiger partial charge in [-0.3, -0.25) is 9.69 Å². The van der Waals surface area contributed by atoms with Gasteiger partial charge in [-0.25, -0.2) is 9.98 Å². The number of allylic oxidation sites excluding steroid dienone is 2. The van der Waals surface area contributed by atoms with Crippen molar-refractivity contribution in [3.8, 4) is 0 Å². The molecule has 0 N–H and O–H groups in total. The predicted octanol–water partition coefficient (Wildman–Crippen LogP) is 6.81. The molecule has 0 spiro atoms. The first kappa shape index (κ1) is 21.6. The number of fused-ring (bicyclic) bond motifs is 2. The van der Waals surface area contributed by atoms with E-state index >= 15 is 0 Å². The number of hydrogen-bond donors (Lipinski definition) is 0. The summed E-state index contributed by atoms with van der Waals surface area (Å²) in [6.07, 6.45) is 3.88.